The quantitative estimate of drug-likeness (QED) is 0.816. The van der Waals surface area contributed by atoms with Crippen LogP contribution in [0.3, 0.4) is 0 Å². The summed E-state index contributed by atoms with van der Waals surface area (Å²) in [7, 11) is 8.28. The van der Waals surface area contributed by atoms with Crippen LogP contribution in [0.4, 0.5) is 5.95 Å². The second-order valence-corrected chi connectivity index (χ2v) is 5.13. The van der Waals surface area contributed by atoms with Crippen molar-refractivity contribution in [1.29, 1.82) is 0 Å². The van der Waals surface area contributed by atoms with Gasteiger partial charge in [0.05, 0.1) is 11.9 Å². The minimum atomic E-state index is 0.623. The predicted molar refractivity (Wildman–Crippen MR) is 70.3 cm³/mol. The number of imidazole rings is 1. The van der Waals surface area contributed by atoms with Crippen molar-refractivity contribution >= 4 is 5.95 Å². The van der Waals surface area contributed by atoms with E-state index in [0.29, 0.717) is 6.04 Å². The number of nitrogens with zero attached hydrogens (tertiary/aromatic N) is 4. The topological polar surface area (TPSA) is 36.3 Å². The van der Waals surface area contributed by atoms with Crippen LogP contribution in [0.5, 0.6) is 0 Å². The van der Waals surface area contributed by atoms with Gasteiger partial charge in [-0.25, -0.2) is 4.98 Å². The predicted octanol–water partition coefficient (Wildman–Crippen LogP) is 0.280. The first-order valence-electron chi connectivity index (χ1n) is 6.17. The Morgan fingerprint density at radius 2 is 2.24 bits per heavy atom. The van der Waals surface area contributed by atoms with E-state index in [1.54, 1.807) is 0 Å². The van der Waals surface area contributed by atoms with Gasteiger partial charge in [0.1, 0.15) is 0 Å². The van der Waals surface area contributed by atoms with Crippen molar-refractivity contribution in [2.45, 2.75) is 19.0 Å². The fraction of sp³-hybridized carbons (Fsp3) is 0.750. The third-order valence-corrected chi connectivity index (χ3v) is 3.42. The molecule has 0 aromatic carbocycles. The smallest absolute Gasteiger partial charge is 0.204 e. The van der Waals surface area contributed by atoms with Gasteiger partial charge in [-0.3, -0.25) is 0 Å². The van der Waals surface area contributed by atoms with E-state index in [9.17, 15) is 0 Å². The van der Waals surface area contributed by atoms with Crippen LogP contribution in [-0.2, 0) is 13.6 Å². The van der Waals surface area contributed by atoms with Crippen molar-refractivity contribution in [3.63, 3.8) is 0 Å². The summed E-state index contributed by atoms with van der Waals surface area (Å²) >= 11 is 0. The summed E-state index contributed by atoms with van der Waals surface area (Å²) in [6.45, 7) is 3.25. The van der Waals surface area contributed by atoms with Gasteiger partial charge in [0.2, 0.25) is 5.95 Å². The van der Waals surface area contributed by atoms with Crippen molar-refractivity contribution in [3.05, 3.63) is 11.9 Å². The van der Waals surface area contributed by atoms with Gasteiger partial charge in [0.15, 0.2) is 0 Å². The Kier molecular flexibility index (Phi) is 3.69. The summed E-state index contributed by atoms with van der Waals surface area (Å²) < 4.78 is 2.14. The third kappa shape index (κ3) is 2.79. The van der Waals surface area contributed by atoms with Crippen LogP contribution in [0, 0.1) is 0 Å². The number of nitrogens with one attached hydrogen (secondary N) is 1. The SMILES string of the molecule is CN1CCC(NCc2cnc(N(C)C)n2C)C1. The van der Waals surface area contributed by atoms with E-state index in [0.717, 1.165) is 19.0 Å². The van der Waals surface area contributed by atoms with Gasteiger partial charge in [-0.2, -0.15) is 0 Å². The molecule has 0 bridgehead atoms. The normalized spacial score (nSPS) is 21.1. The van der Waals surface area contributed by atoms with Gasteiger partial charge in [-0.1, -0.05) is 0 Å². The summed E-state index contributed by atoms with van der Waals surface area (Å²) in [5.74, 6) is 1.00. The van der Waals surface area contributed by atoms with Gasteiger partial charge >= 0.3 is 0 Å². The zero-order chi connectivity index (χ0) is 12.4. The second kappa shape index (κ2) is 5.06. The van der Waals surface area contributed by atoms with Gasteiger partial charge in [-0.05, 0) is 20.0 Å². The highest BCUT2D eigenvalue weighted by molar-refractivity contribution is 5.30. The fourth-order valence-corrected chi connectivity index (χ4v) is 2.36. The van der Waals surface area contributed by atoms with Crippen LogP contribution in [0.2, 0.25) is 0 Å². The average molecular weight is 237 g/mol. The molecule has 0 aliphatic carbocycles. The lowest BCUT2D eigenvalue weighted by Gasteiger charge is -2.15. The molecular formula is C12H23N5. The summed E-state index contributed by atoms with van der Waals surface area (Å²) in [4.78, 5) is 8.82. The molecule has 0 amide bonds. The molecule has 1 aliphatic rings. The van der Waals surface area contributed by atoms with Crippen molar-refractivity contribution in [2.24, 2.45) is 7.05 Å². The molecule has 2 rings (SSSR count). The van der Waals surface area contributed by atoms with Crippen LogP contribution in [0.1, 0.15) is 12.1 Å². The number of likely N-dealkylation sites (N-methyl/N-ethyl adjacent to an activating group) is 1. The Morgan fingerprint density at radius 3 is 2.76 bits per heavy atom. The average Bonchev–Trinajstić information content (AvgIpc) is 2.82. The molecule has 0 saturated carbocycles. The standard InChI is InChI=1S/C12H23N5/c1-15(2)12-14-8-11(17(12)4)7-13-10-5-6-16(3)9-10/h8,10,13H,5-7,9H2,1-4H3. The van der Waals surface area contributed by atoms with E-state index in [2.05, 4.69) is 33.9 Å². The lowest BCUT2D eigenvalue weighted by atomic mass is 10.2. The van der Waals surface area contributed by atoms with Crippen LogP contribution < -0.4 is 10.2 Å². The molecule has 1 aromatic rings. The number of aromatic nitrogens is 2. The zero-order valence-electron chi connectivity index (χ0n) is 11.3. The molecular weight excluding hydrogens is 214 g/mol. The number of rotatable bonds is 4. The van der Waals surface area contributed by atoms with Crippen molar-refractivity contribution < 1.29 is 0 Å². The Morgan fingerprint density at radius 1 is 1.47 bits per heavy atom. The lowest BCUT2D eigenvalue weighted by Crippen LogP contribution is -2.31. The Bertz CT molecular complexity index is 371. The molecule has 1 N–H and O–H groups in total. The van der Waals surface area contributed by atoms with Crippen LogP contribution in [0.25, 0.3) is 0 Å². The maximum atomic E-state index is 4.41. The largest absolute Gasteiger partial charge is 0.348 e. The molecule has 17 heavy (non-hydrogen) atoms. The summed E-state index contributed by atoms with van der Waals surface area (Å²) in [5.41, 5.74) is 1.24. The van der Waals surface area contributed by atoms with E-state index >= 15 is 0 Å². The van der Waals surface area contributed by atoms with Gasteiger partial charge in [0.25, 0.3) is 0 Å². The van der Waals surface area contributed by atoms with Crippen molar-refractivity contribution in [1.82, 2.24) is 19.8 Å². The van der Waals surface area contributed by atoms with Gasteiger partial charge < -0.3 is 19.7 Å². The van der Waals surface area contributed by atoms with E-state index in [1.807, 2.05) is 25.2 Å². The molecule has 1 saturated heterocycles. The highest BCUT2D eigenvalue weighted by Crippen LogP contribution is 2.12. The molecule has 2 heterocycles. The molecule has 5 heteroatoms. The Balaban J connectivity index is 1.91. The number of anilines is 1. The molecule has 0 spiro atoms. The van der Waals surface area contributed by atoms with Gasteiger partial charge in [-0.15, -0.1) is 0 Å². The summed E-state index contributed by atoms with van der Waals surface area (Å²) in [5, 5.41) is 3.60. The highest BCUT2D eigenvalue weighted by atomic mass is 15.3. The Labute approximate surface area is 103 Å². The first-order valence-corrected chi connectivity index (χ1v) is 6.17. The Hall–Kier alpha value is -1.07. The fourth-order valence-electron chi connectivity index (χ4n) is 2.36. The summed E-state index contributed by atoms with van der Waals surface area (Å²) in [6, 6.07) is 0.623. The second-order valence-electron chi connectivity index (χ2n) is 5.13. The molecule has 1 atom stereocenters. The zero-order valence-corrected chi connectivity index (χ0v) is 11.3. The minimum Gasteiger partial charge on any atom is -0.348 e. The van der Waals surface area contributed by atoms with E-state index in [-0.39, 0.29) is 0 Å². The molecule has 1 aliphatic heterocycles. The molecule has 1 aromatic heterocycles. The molecule has 96 valence electrons. The van der Waals surface area contributed by atoms with Gasteiger partial charge in [0, 0.05) is 40.3 Å². The number of likely N-dealkylation sites (tertiary alicyclic amines) is 1. The maximum absolute atomic E-state index is 4.41. The van der Waals surface area contributed by atoms with E-state index in [1.165, 1.54) is 18.7 Å². The number of hydrogen-bond acceptors (Lipinski definition) is 4. The van der Waals surface area contributed by atoms with E-state index < -0.39 is 0 Å². The maximum Gasteiger partial charge on any atom is 0.204 e. The first-order chi connectivity index (χ1) is 8.08. The van der Waals surface area contributed by atoms with Crippen LogP contribution in [-0.4, -0.2) is 54.7 Å². The monoisotopic (exact) mass is 237 g/mol. The first kappa shape index (κ1) is 12.4. The summed E-state index contributed by atoms with van der Waals surface area (Å²) in [6.07, 6.45) is 3.20. The molecule has 0 radical (unpaired) electrons. The highest BCUT2D eigenvalue weighted by Gasteiger charge is 2.19. The van der Waals surface area contributed by atoms with Crippen LogP contribution >= 0.6 is 0 Å². The van der Waals surface area contributed by atoms with Crippen molar-refractivity contribution in [2.75, 3.05) is 39.1 Å². The van der Waals surface area contributed by atoms with Crippen molar-refractivity contribution in [3.8, 4) is 0 Å². The number of hydrogen-bond donors (Lipinski definition) is 1. The lowest BCUT2D eigenvalue weighted by molar-refractivity contribution is 0.397. The minimum absolute atomic E-state index is 0.623. The van der Waals surface area contributed by atoms with E-state index in [4.69, 9.17) is 0 Å². The third-order valence-electron chi connectivity index (χ3n) is 3.42. The van der Waals surface area contributed by atoms with Crippen LogP contribution in [0.15, 0.2) is 6.20 Å². The molecule has 5 nitrogen and oxygen atoms in total. The molecule has 1 unspecified atom stereocenters. The molecule has 1 fully saturated rings.